The molecule has 0 heterocycles. The van der Waals surface area contributed by atoms with E-state index in [1.54, 1.807) is 0 Å². The molecule has 0 saturated heterocycles. The van der Waals surface area contributed by atoms with Crippen molar-refractivity contribution in [3.05, 3.63) is 35.4 Å². The van der Waals surface area contributed by atoms with Gasteiger partial charge in [-0.2, -0.15) is 0 Å². The van der Waals surface area contributed by atoms with Crippen molar-refractivity contribution in [1.29, 1.82) is 0 Å². The van der Waals surface area contributed by atoms with Gasteiger partial charge in [0.15, 0.2) is 0 Å². The molecule has 0 aliphatic heterocycles. The van der Waals surface area contributed by atoms with Gasteiger partial charge in [0.25, 0.3) is 0 Å². The van der Waals surface area contributed by atoms with Crippen LogP contribution in [0.1, 0.15) is 25.0 Å². The third-order valence-corrected chi connectivity index (χ3v) is 2.54. The molecule has 2 aromatic rings. The van der Waals surface area contributed by atoms with Crippen LogP contribution in [0, 0.1) is 13.8 Å². The molecule has 0 aliphatic rings. The molecule has 0 radical (unpaired) electrons. The number of hydrogen-bond acceptors (Lipinski definition) is 2. The van der Waals surface area contributed by atoms with Gasteiger partial charge in [-0.15, -0.1) is 0 Å². The molecular formula is C14H18O2. The van der Waals surface area contributed by atoms with E-state index in [1.165, 1.54) is 0 Å². The lowest BCUT2D eigenvalue weighted by Crippen LogP contribution is -1.82. The van der Waals surface area contributed by atoms with E-state index in [1.807, 2.05) is 52.0 Å². The second-order valence-corrected chi connectivity index (χ2v) is 3.56. The average molecular weight is 218 g/mol. The molecule has 0 saturated carbocycles. The smallest absolute Gasteiger partial charge is 0.130 e. The maximum absolute atomic E-state index is 9.80. The van der Waals surface area contributed by atoms with Crippen LogP contribution in [0.5, 0.6) is 11.5 Å². The molecule has 16 heavy (non-hydrogen) atoms. The Labute approximate surface area is 96.2 Å². The van der Waals surface area contributed by atoms with Crippen LogP contribution in [0.15, 0.2) is 24.3 Å². The van der Waals surface area contributed by atoms with Crippen molar-refractivity contribution in [2.75, 3.05) is 0 Å². The average Bonchev–Trinajstić information content (AvgIpc) is 2.31. The largest absolute Gasteiger partial charge is 0.507 e. The predicted molar refractivity (Wildman–Crippen MR) is 68.1 cm³/mol. The molecule has 0 fully saturated rings. The molecule has 2 aromatic carbocycles. The maximum Gasteiger partial charge on any atom is 0.130 e. The van der Waals surface area contributed by atoms with Crippen molar-refractivity contribution in [2.45, 2.75) is 27.7 Å². The monoisotopic (exact) mass is 218 g/mol. The Hall–Kier alpha value is -1.70. The number of benzene rings is 2. The molecular weight excluding hydrogens is 200 g/mol. The molecule has 2 N–H and O–H groups in total. The summed E-state index contributed by atoms with van der Waals surface area (Å²) in [6.45, 7) is 7.63. The fraction of sp³-hybridized carbons (Fsp3) is 0.286. The third-order valence-electron chi connectivity index (χ3n) is 2.54. The van der Waals surface area contributed by atoms with Gasteiger partial charge in [0, 0.05) is 0 Å². The maximum atomic E-state index is 9.80. The number of fused-ring (bicyclic) bond motifs is 1. The normalized spacial score (nSPS) is 9.75. The summed E-state index contributed by atoms with van der Waals surface area (Å²) in [4.78, 5) is 0. The minimum atomic E-state index is 0.170. The number of phenolic OH excluding ortho intramolecular Hbond substituents is 2. The fourth-order valence-electron chi connectivity index (χ4n) is 1.59. The Morgan fingerprint density at radius 3 is 1.50 bits per heavy atom. The number of rotatable bonds is 0. The zero-order valence-electron chi connectivity index (χ0n) is 10.2. The van der Waals surface area contributed by atoms with Crippen molar-refractivity contribution in [1.82, 2.24) is 0 Å². The molecule has 0 spiro atoms. The van der Waals surface area contributed by atoms with Crippen LogP contribution in [0.4, 0.5) is 0 Å². The Kier molecular flexibility index (Phi) is 3.78. The van der Waals surface area contributed by atoms with Crippen molar-refractivity contribution in [3.63, 3.8) is 0 Å². The van der Waals surface area contributed by atoms with E-state index in [0.717, 1.165) is 16.5 Å². The van der Waals surface area contributed by atoms with Crippen molar-refractivity contribution in [2.24, 2.45) is 0 Å². The lowest BCUT2D eigenvalue weighted by molar-refractivity contribution is 0.459. The SMILES string of the molecule is CC.Cc1ccc2ccc(C)c(O)c2c1O. The highest BCUT2D eigenvalue weighted by atomic mass is 16.3. The van der Waals surface area contributed by atoms with Crippen LogP contribution < -0.4 is 0 Å². The fourth-order valence-corrected chi connectivity index (χ4v) is 1.59. The minimum absolute atomic E-state index is 0.170. The van der Waals surface area contributed by atoms with E-state index >= 15 is 0 Å². The Bertz CT molecular complexity index is 459. The highest BCUT2D eigenvalue weighted by Crippen LogP contribution is 2.36. The number of aryl methyl sites for hydroxylation is 2. The summed E-state index contributed by atoms with van der Waals surface area (Å²) in [7, 11) is 0. The van der Waals surface area contributed by atoms with Crippen LogP contribution in [-0.4, -0.2) is 10.2 Å². The quantitative estimate of drug-likeness (QED) is 0.704. The summed E-state index contributed by atoms with van der Waals surface area (Å²) in [5, 5.41) is 21.0. The molecule has 0 bridgehead atoms. The summed E-state index contributed by atoms with van der Waals surface area (Å²) in [5.41, 5.74) is 1.55. The first-order valence-corrected chi connectivity index (χ1v) is 5.52. The van der Waals surface area contributed by atoms with Gasteiger partial charge in [0.2, 0.25) is 0 Å². The van der Waals surface area contributed by atoms with E-state index in [4.69, 9.17) is 0 Å². The first-order valence-electron chi connectivity index (χ1n) is 5.52. The Balaban J connectivity index is 0.000000606. The van der Waals surface area contributed by atoms with E-state index in [2.05, 4.69) is 0 Å². The van der Waals surface area contributed by atoms with Crippen molar-refractivity contribution >= 4 is 10.8 Å². The summed E-state index contributed by atoms with van der Waals surface area (Å²) >= 11 is 0. The summed E-state index contributed by atoms with van der Waals surface area (Å²) < 4.78 is 0. The van der Waals surface area contributed by atoms with Crippen LogP contribution in [0.2, 0.25) is 0 Å². The molecule has 2 rings (SSSR count). The summed E-state index contributed by atoms with van der Waals surface area (Å²) in [6, 6.07) is 7.46. The molecule has 0 amide bonds. The van der Waals surface area contributed by atoms with E-state index in [-0.39, 0.29) is 11.5 Å². The van der Waals surface area contributed by atoms with Gasteiger partial charge >= 0.3 is 0 Å². The van der Waals surface area contributed by atoms with E-state index in [0.29, 0.717) is 5.39 Å². The Morgan fingerprint density at radius 1 is 0.750 bits per heavy atom. The van der Waals surface area contributed by atoms with Crippen LogP contribution in [0.3, 0.4) is 0 Å². The molecule has 0 unspecified atom stereocenters. The van der Waals surface area contributed by atoms with Gasteiger partial charge in [0.05, 0.1) is 5.39 Å². The van der Waals surface area contributed by atoms with Gasteiger partial charge in [-0.25, -0.2) is 0 Å². The third kappa shape index (κ3) is 1.96. The Morgan fingerprint density at radius 2 is 1.12 bits per heavy atom. The highest BCUT2D eigenvalue weighted by molar-refractivity contribution is 5.95. The minimum Gasteiger partial charge on any atom is -0.507 e. The van der Waals surface area contributed by atoms with Crippen molar-refractivity contribution in [3.8, 4) is 11.5 Å². The van der Waals surface area contributed by atoms with Crippen LogP contribution in [-0.2, 0) is 0 Å². The standard InChI is InChI=1S/C12H12O2.C2H6/c1-7-3-5-9-6-4-8(2)12(14)10(9)11(7)13;1-2/h3-6,13-14H,1-2H3;1-2H3. The molecule has 0 atom stereocenters. The van der Waals surface area contributed by atoms with Crippen molar-refractivity contribution < 1.29 is 10.2 Å². The van der Waals surface area contributed by atoms with Crippen LogP contribution in [0.25, 0.3) is 10.8 Å². The molecule has 86 valence electrons. The zero-order valence-corrected chi connectivity index (χ0v) is 10.2. The van der Waals surface area contributed by atoms with E-state index in [9.17, 15) is 10.2 Å². The lowest BCUT2D eigenvalue weighted by atomic mass is 10.0. The molecule has 0 aliphatic carbocycles. The first kappa shape index (κ1) is 12.4. The highest BCUT2D eigenvalue weighted by Gasteiger charge is 2.09. The first-order chi connectivity index (χ1) is 7.61. The van der Waals surface area contributed by atoms with Gasteiger partial charge in [-0.05, 0) is 30.4 Å². The lowest BCUT2D eigenvalue weighted by Gasteiger charge is -2.08. The van der Waals surface area contributed by atoms with Gasteiger partial charge in [-0.1, -0.05) is 38.1 Å². The predicted octanol–water partition coefficient (Wildman–Crippen LogP) is 3.89. The molecule has 2 heteroatoms. The van der Waals surface area contributed by atoms with Gasteiger partial charge < -0.3 is 10.2 Å². The topological polar surface area (TPSA) is 40.5 Å². The molecule has 2 nitrogen and oxygen atoms in total. The number of hydrogen-bond donors (Lipinski definition) is 2. The zero-order chi connectivity index (χ0) is 12.3. The summed E-state index contributed by atoms with van der Waals surface area (Å²) in [5.74, 6) is 0.340. The second kappa shape index (κ2) is 4.88. The number of aromatic hydroxyl groups is 2. The number of phenols is 2. The van der Waals surface area contributed by atoms with E-state index < -0.39 is 0 Å². The molecule has 0 aromatic heterocycles. The van der Waals surface area contributed by atoms with Gasteiger partial charge in [0.1, 0.15) is 11.5 Å². The second-order valence-electron chi connectivity index (χ2n) is 3.56. The van der Waals surface area contributed by atoms with Gasteiger partial charge in [-0.3, -0.25) is 0 Å². The van der Waals surface area contributed by atoms with Crippen LogP contribution >= 0.6 is 0 Å². The summed E-state index contributed by atoms with van der Waals surface area (Å²) in [6.07, 6.45) is 0.